The molecule has 19 heavy (non-hydrogen) atoms. The number of hydrogen-bond donors (Lipinski definition) is 1. The lowest BCUT2D eigenvalue weighted by atomic mass is 10.2. The summed E-state index contributed by atoms with van der Waals surface area (Å²) in [6.07, 6.45) is 0. The topological polar surface area (TPSA) is 60.2 Å². The van der Waals surface area contributed by atoms with E-state index < -0.39 is 9.84 Å². The van der Waals surface area contributed by atoms with Crippen molar-refractivity contribution in [1.82, 2.24) is 0 Å². The third-order valence-corrected chi connectivity index (χ3v) is 4.78. The molecule has 0 bridgehead atoms. The van der Waals surface area contributed by atoms with Crippen LogP contribution in [-0.4, -0.2) is 8.42 Å². The van der Waals surface area contributed by atoms with Crippen molar-refractivity contribution in [2.24, 2.45) is 0 Å². The van der Waals surface area contributed by atoms with E-state index in [1.807, 2.05) is 0 Å². The molecule has 2 rings (SSSR count). The standard InChI is InChI=1S/C13H11Cl2NO2S/c14-10-3-1-2-9(6-10)8-19(17,18)13-5-4-11(15)7-12(13)16/h1-7H,8,16H2. The molecule has 2 aromatic carbocycles. The Hall–Kier alpha value is -1.23. The monoisotopic (exact) mass is 315 g/mol. The Morgan fingerprint density at radius 2 is 1.68 bits per heavy atom. The van der Waals surface area contributed by atoms with E-state index in [0.29, 0.717) is 15.6 Å². The van der Waals surface area contributed by atoms with Crippen LogP contribution in [0.25, 0.3) is 0 Å². The second kappa shape index (κ2) is 5.41. The fraction of sp³-hybridized carbons (Fsp3) is 0.0769. The number of sulfone groups is 1. The zero-order chi connectivity index (χ0) is 14.0. The van der Waals surface area contributed by atoms with Crippen molar-refractivity contribution in [1.29, 1.82) is 0 Å². The van der Waals surface area contributed by atoms with Crippen molar-refractivity contribution >= 4 is 38.7 Å². The summed E-state index contributed by atoms with van der Waals surface area (Å²) in [4.78, 5) is 0.0804. The predicted molar refractivity (Wildman–Crippen MR) is 78.2 cm³/mol. The van der Waals surface area contributed by atoms with E-state index in [0.717, 1.165) is 0 Å². The molecule has 2 N–H and O–H groups in total. The van der Waals surface area contributed by atoms with Crippen LogP contribution < -0.4 is 5.73 Å². The number of halogens is 2. The molecule has 0 aliphatic heterocycles. The van der Waals surface area contributed by atoms with Gasteiger partial charge in [-0.05, 0) is 35.9 Å². The van der Waals surface area contributed by atoms with Gasteiger partial charge in [-0.25, -0.2) is 8.42 Å². The van der Waals surface area contributed by atoms with Gasteiger partial charge >= 0.3 is 0 Å². The van der Waals surface area contributed by atoms with Crippen molar-refractivity contribution in [2.45, 2.75) is 10.6 Å². The Labute approximate surface area is 121 Å². The molecule has 0 saturated carbocycles. The summed E-state index contributed by atoms with van der Waals surface area (Å²) in [5, 5.41) is 0.899. The van der Waals surface area contributed by atoms with Crippen molar-refractivity contribution in [3.8, 4) is 0 Å². The summed E-state index contributed by atoms with van der Waals surface area (Å²) >= 11 is 11.6. The molecule has 0 aliphatic rings. The van der Waals surface area contributed by atoms with E-state index >= 15 is 0 Å². The fourth-order valence-electron chi connectivity index (χ4n) is 1.73. The van der Waals surface area contributed by atoms with E-state index in [4.69, 9.17) is 28.9 Å². The molecule has 0 radical (unpaired) electrons. The minimum absolute atomic E-state index is 0.0804. The molecule has 6 heteroatoms. The highest BCUT2D eigenvalue weighted by atomic mass is 35.5. The van der Waals surface area contributed by atoms with Crippen molar-refractivity contribution in [3.63, 3.8) is 0 Å². The molecule has 0 atom stereocenters. The lowest BCUT2D eigenvalue weighted by Gasteiger charge is -2.08. The van der Waals surface area contributed by atoms with Gasteiger partial charge in [0.1, 0.15) is 0 Å². The van der Waals surface area contributed by atoms with Crippen LogP contribution in [0.3, 0.4) is 0 Å². The Morgan fingerprint density at radius 3 is 2.32 bits per heavy atom. The van der Waals surface area contributed by atoms with Crippen molar-refractivity contribution in [3.05, 3.63) is 58.1 Å². The Bertz CT molecular complexity index is 714. The Morgan fingerprint density at radius 1 is 1.00 bits per heavy atom. The van der Waals surface area contributed by atoms with Crippen LogP contribution in [0, 0.1) is 0 Å². The number of rotatable bonds is 3. The summed E-state index contributed by atoms with van der Waals surface area (Å²) < 4.78 is 24.6. The second-order valence-corrected chi connectivity index (χ2v) is 6.90. The number of nitrogen functional groups attached to an aromatic ring is 1. The SMILES string of the molecule is Nc1cc(Cl)ccc1S(=O)(=O)Cc1cccc(Cl)c1. The van der Waals surface area contributed by atoms with Crippen LogP contribution in [0.2, 0.25) is 10.0 Å². The summed E-state index contributed by atoms with van der Waals surface area (Å²) in [6, 6.07) is 11.1. The van der Waals surface area contributed by atoms with Gasteiger partial charge in [0.25, 0.3) is 0 Å². The lowest BCUT2D eigenvalue weighted by molar-refractivity contribution is 0.595. The fourth-order valence-corrected chi connectivity index (χ4v) is 3.59. The van der Waals surface area contributed by atoms with Gasteiger partial charge in [0.05, 0.1) is 16.3 Å². The van der Waals surface area contributed by atoms with Gasteiger partial charge in [0.15, 0.2) is 9.84 Å². The molecular formula is C13H11Cl2NO2S. The molecule has 0 aliphatic carbocycles. The van der Waals surface area contributed by atoms with Crippen LogP contribution in [-0.2, 0) is 15.6 Å². The normalized spacial score (nSPS) is 11.5. The van der Waals surface area contributed by atoms with E-state index in [1.165, 1.54) is 18.2 Å². The number of hydrogen-bond acceptors (Lipinski definition) is 3. The second-order valence-electron chi connectivity index (χ2n) is 4.07. The number of anilines is 1. The molecule has 0 amide bonds. The summed E-state index contributed by atoms with van der Waals surface area (Å²) in [5.41, 5.74) is 6.46. The van der Waals surface area contributed by atoms with Crippen molar-refractivity contribution < 1.29 is 8.42 Å². The largest absolute Gasteiger partial charge is 0.398 e. The van der Waals surface area contributed by atoms with Crippen LogP contribution in [0.1, 0.15) is 5.56 Å². The smallest absolute Gasteiger partial charge is 0.184 e. The van der Waals surface area contributed by atoms with Gasteiger partial charge < -0.3 is 5.73 Å². The number of nitrogens with two attached hydrogens (primary N) is 1. The zero-order valence-electron chi connectivity index (χ0n) is 9.81. The molecule has 100 valence electrons. The Kier molecular flexibility index (Phi) is 4.04. The van der Waals surface area contributed by atoms with Gasteiger partial charge in [-0.1, -0.05) is 35.3 Å². The van der Waals surface area contributed by atoms with E-state index in [9.17, 15) is 8.42 Å². The number of benzene rings is 2. The molecule has 0 fully saturated rings. The molecule has 0 heterocycles. The highest BCUT2D eigenvalue weighted by Gasteiger charge is 2.18. The maximum atomic E-state index is 12.3. The first kappa shape index (κ1) is 14.2. The first-order chi connectivity index (χ1) is 8.88. The average molecular weight is 316 g/mol. The molecule has 0 saturated heterocycles. The van der Waals surface area contributed by atoms with Crippen LogP contribution >= 0.6 is 23.2 Å². The van der Waals surface area contributed by atoms with E-state index in [2.05, 4.69) is 0 Å². The quantitative estimate of drug-likeness (QED) is 0.881. The van der Waals surface area contributed by atoms with Gasteiger partial charge in [0, 0.05) is 10.0 Å². The molecule has 0 unspecified atom stereocenters. The predicted octanol–water partition coefficient (Wildman–Crippen LogP) is 3.55. The first-order valence-corrected chi connectivity index (χ1v) is 7.81. The van der Waals surface area contributed by atoms with E-state index in [1.54, 1.807) is 24.3 Å². The molecule has 0 aromatic heterocycles. The molecule has 0 spiro atoms. The molecule has 3 nitrogen and oxygen atoms in total. The van der Waals surface area contributed by atoms with Crippen LogP contribution in [0.4, 0.5) is 5.69 Å². The maximum Gasteiger partial charge on any atom is 0.184 e. The third-order valence-electron chi connectivity index (χ3n) is 2.55. The van der Waals surface area contributed by atoms with Gasteiger partial charge in [-0.15, -0.1) is 0 Å². The van der Waals surface area contributed by atoms with E-state index in [-0.39, 0.29) is 16.3 Å². The maximum absolute atomic E-state index is 12.3. The summed E-state index contributed by atoms with van der Waals surface area (Å²) in [6.45, 7) is 0. The zero-order valence-corrected chi connectivity index (χ0v) is 12.1. The van der Waals surface area contributed by atoms with Gasteiger partial charge in [0.2, 0.25) is 0 Å². The lowest BCUT2D eigenvalue weighted by Crippen LogP contribution is -2.07. The Balaban J connectivity index is 2.38. The summed E-state index contributed by atoms with van der Waals surface area (Å²) in [5.74, 6) is -0.153. The molecular weight excluding hydrogens is 305 g/mol. The van der Waals surface area contributed by atoms with Crippen LogP contribution in [0.5, 0.6) is 0 Å². The van der Waals surface area contributed by atoms with Gasteiger partial charge in [-0.3, -0.25) is 0 Å². The minimum Gasteiger partial charge on any atom is -0.398 e. The minimum atomic E-state index is -3.52. The summed E-state index contributed by atoms with van der Waals surface area (Å²) in [7, 11) is -3.52. The van der Waals surface area contributed by atoms with Crippen LogP contribution in [0.15, 0.2) is 47.4 Å². The highest BCUT2D eigenvalue weighted by Crippen LogP contribution is 2.26. The van der Waals surface area contributed by atoms with Gasteiger partial charge in [-0.2, -0.15) is 0 Å². The first-order valence-electron chi connectivity index (χ1n) is 5.41. The third kappa shape index (κ3) is 3.41. The highest BCUT2D eigenvalue weighted by molar-refractivity contribution is 7.90. The van der Waals surface area contributed by atoms with Crippen molar-refractivity contribution in [2.75, 3.05) is 5.73 Å². The molecule has 2 aromatic rings. The average Bonchev–Trinajstić information content (AvgIpc) is 2.27.